The zero-order valence-corrected chi connectivity index (χ0v) is 11.0. The van der Waals surface area contributed by atoms with Crippen molar-refractivity contribution in [2.24, 2.45) is 5.92 Å². The van der Waals surface area contributed by atoms with Gasteiger partial charge in [-0.2, -0.15) is 0 Å². The van der Waals surface area contributed by atoms with Crippen LogP contribution in [0.15, 0.2) is 22.7 Å². The van der Waals surface area contributed by atoms with E-state index in [0.29, 0.717) is 22.5 Å². The van der Waals surface area contributed by atoms with Crippen LogP contribution in [-0.4, -0.2) is 12.5 Å². The van der Waals surface area contributed by atoms with Gasteiger partial charge in [-0.05, 0) is 40.0 Å². The summed E-state index contributed by atoms with van der Waals surface area (Å²) in [6, 6.07) is 4.36. The molecule has 2 nitrogen and oxygen atoms in total. The van der Waals surface area contributed by atoms with Gasteiger partial charge < -0.3 is 5.32 Å². The molecule has 0 saturated heterocycles. The molecule has 0 aliphatic rings. The molecule has 0 fully saturated rings. The number of rotatable bonds is 4. The summed E-state index contributed by atoms with van der Waals surface area (Å²) in [5, 5.41) is 2.78. The zero-order chi connectivity index (χ0) is 12.1. The Labute approximate surface area is 103 Å². The van der Waals surface area contributed by atoms with Crippen LogP contribution in [0.4, 0.5) is 4.39 Å². The summed E-state index contributed by atoms with van der Waals surface area (Å²) in [5.41, 5.74) is 0.351. The van der Waals surface area contributed by atoms with Crippen molar-refractivity contribution in [1.29, 1.82) is 0 Å². The highest BCUT2D eigenvalue weighted by Gasteiger charge is 2.09. The minimum atomic E-state index is -0.420. The summed E-state index contributed by atoms with van der Waals surface area (Å²) in [7, 11) is 0. The lowest BCUT2D eigenvalue weighted by atomic mass is 10.1. The summed E-state index contributed by atoms with van der Waals surface area (Å²) in [6.07, 6.45) is 1.01. The number of nitrogens with one attached hydrogen (secondary N) is 1. The van der Waals surface area contributed by atoms with Gasteiger partial charge in [0.1, 0.15) is 5.82 Å². The van der Waals surface area contributed by atoms with E-state index in [9.17, 15) is 9.18 Å². The molecule has 1 unspecified atom stereocenters. The van der Waals surface area contributed by atoms with Gasteiger partial charge in [0, 0.05) is 12.1 Å². The third kappa shape index (κ3) is 3.59. The minimum absolute atomic E-state index is 0.230. The van der Waals surface area contributed by atoms with Gasteiger partial charge in [-0.1, -0.05) is 20.3 Å². The number of hydrogen-bond donors (Lipinski definition) is 1. The van der Waals surface area contributed by atoms with Gasteiger partial charge >= 0.3 is 0 Å². The minimum Gasteiger partial charge on any atom is -0.352 e. The Bertz CT molecular complexity index is 381. The molecule has 4 heteroatoms. The molecule has 88 valence electrons. The largest absolute Gasteiger partial charge is 0.352 e. The Morgan fingerprint density at radius 1 is 1.56 bits per heavy atom. The second kappa shape index (κ2) is 5.99. The smallest absolute Gasteiger partial charge is 0.251 e. The van der Waals surface area contributed by atoms with Gasteiger partial charge in [0.2, 0.25) is 0 Å². The average Bonchev–Trinajstić information content (AvgIpc) is 2.29. The zero-order valence-electron chi connectivity index (χ0n) is 9.39. The monoisotopic (exact) mass is 287 g/mol. The van der Waals surface area contributed by atoms with E-state index in [2.05, 4.69) is 35.1 Å². The molecule has 0 saturated carbocycles. The molecule has 0 aliphatic heterocycles. The lowest BCUT2D eigenvalue weighted by Crippen LogP contribution is -2.28. The standard InChI is InChI=1S/C12H15BrFNO/c1-3-8(2)7-15-12(16)9-4-5-10(13)11(14)6-9/h4-6,8H,3,7H2,1-2H3,(H,15,16). The maximum atomic E-state index is 13.2. The first kappa shape index (κ1) is 13.2. The summed E-state index contributed by atoms with van der Waals surface area (Å²) in [6.45, 7) is 4.74. The summed E-state index contributed by atoms with van der Waals surface area (Å²) < 4.78 is 13.5. The first-order valence-electron chi connectivity index (χ1n) is 5.27. The predicted molar refractivity (Wildman–Crippen MR) is 65.9 cm³/mol. The van der Waals surface area contributed by atoms with Crippen molar-refractivity contribution in [3.63, 3.8) is 0 Å². The second-order valence-corrected chi connectivity index (χ2v) is 4.71. The molecule has 1 atom stereocenters. The van der Waals surface area contributed by atoms with Gasteiger partial charge in [-0.15, -0.1) is 0 Å². The maximum Gasteiger partial charge on any atom is 0.251 e. The van der Waals surface area contributed by atoms with Gasteiger partial charge in [0.05, 0.1) is 4.47 Å². The van der Waals surface area contributed by atoms with Crippen LogP contribution >= 0.6 is 15.9 Å². The van der Waals surface area contributed by atoms with Crippen molar-refractivity contribution >= 4 is 21.8 Å². The molecule has 0 heterocycles. The summed E-state index contributed by atoms with van der Waals surface area (Å²) in [5.74, 6) is -0.216. The van der Waals surface area contributed by atoms with Crippen molar-refractivity contribution in [1.82, 2.24) is 5.32 Å². The van der Waals surface area contributed by atoms with Gasteiger partial charge in [-0.3, -0.25) is 4.79 Å². The van der Waals surface area contributed by atoms with Gasteiger partial charge in [0.15, 0.2) is 0 Å². The second-order valence-electron chi connectivity index (χ2n) is 3.85. The van der Waals surface area contributed by atoms with E-state index < -0.39 is 5.82 Å². The predicted octanol–water partition coefficient (Wildman–Crippen LogP) is 3.36. The van der Waals surface area contributed by atoms with Crippen molar-refractivity contribution in [2.45, 2.75) is 20.3 Å². The highest BCUT2D eigenvalue weighted by Crippen LogP contribution is 2.16. The quantitative estimate of drug-likeness (QED) is 0.904. The van der Waals surface area contributed by atoms with Crippen LogP contribution < -0.4 is 5.32 Å². The molecular weight excluding hydrogens is 273 g/mol. The molecule has 1 N–H and O–H groups in total. The van der Waals surface area contributed by atoms with E-state index in [-0.39, 0.29) is 5.91 Å². The number of carbonyl (C=O) groups excluding carboxylic acids is 1. The average molecular weight is 288 g/mol. The summed E-state index contributed by atoms with van der Waals surface area (Å²) in [4.78, 5) is 11.6. The molecular formula is C12H15BrFNO. The lowest BCUT2D eigenvalue weighted by molar-refractivity contribution is 0.0947. The molecule has 1 rings (SSSR count). The van der Waals surface area contributed by atoms with Crippen LogP contribution in [0.1, 0.15) is 30.6 Å². The van der Waals surface area contributed by atoms with E-state index in [1.54, 1.807) is 6.07 Å². The number of benzene rings is 1. The van der Waals surface area contributed by atoms with Crippen LogP contribution in [0.5, 0.6) is 0 Å². The van der Waals surface area contributed by atoms with Crippen LogP contribution in [0.25, 0.3) is 0 Å². The molecule has 0 spiro atoms. The lowest BCUT2D eigenvalue weighted by Gasteiger charge is -2.10. The van der Waals surface area contributed by atoms with Crippen LogP contribution in [0.3, 0.4) is 0 Å². The third-order valence-corrected chi connectivity index (χ3v) is 3.13. The fourth-order valence-electron chi connectivity index (χ4n) is 1.15. The first-order chi connectivity index (χ1) is 7.54. The first-order valence-corrected chi connectivity index (χ1v) is 6.07. The van der Waals surface area contributed by atoms with E-state index >= 15 is 0 Å². The van der Waals surface area contributed by atoms with Crippen molar-refractivity contribution in [2.75, 3.05) is 6.54 Å². The number of halogens is 2. The highest BCUT2D eigenvalue weighted by atomic mass is 79.9. The van der Waals surface area contributed by atoms with Crippen molar-refractivity contribution < 1.29 is 9.18 Å². The van der Waals surface area contributed by atoms with Crippen molar-refractivity contribution in [3.05, 3.63) is 34.1 Å². The fraction of sp³-hybridized carbons (Fsp3) is 0.417. The van der Waals surface area contributed by atoms with Crippen LogP contribution in [-0.2, 0) is 0 Å². The molecule has 0 aromatic heterocycles. The molecule has 1 aromatic carbocycles. The van der Waals surface area contributed by atoms with Crippen molar-refractivity contribution in [3.8, 4) is 0 Å². The number of carbonyl (C=O) groups is 1. The molecule has 0 bridgehead atoms. The maximum absolute atomic E-state index is 13.2. The fourth-order valence-corrected chi connectivity index (χ4v) is 1.40. The topological polar surface area (TPSA) is 29.1 Å². The Morgan fingerprint density at radius 2 is 2.25 bits per heavy atom. The van der Waals surface area contributed by atoms with E-state index in [1.807, 2.05) is 0 Å². The number of hydrogen-bond acceptors (Lipinski definition) is 1. The SMILES string of the molecule is CCC(C)CNC(=O)c1ccc(Br)c(F)c1. The summed E-state index contributed by atoms with van der Waals surface area (Å²) >= 11 is 3.05. The number of amides is 1. The Morgan fingerprint density at radius 3 is 2.81 bits per heavy atom. The molecule has 0 radical (unpaired) electrons. The van der Waals surface area contributed by atoms with Crippen LogP contribution in [0.2, 0.25) is 0 Å². The van der Waals surface area contributed by atoms with E-state index in [4.69, 9.17) is 0 Å². The molecule has 1 amide bonds. The highest BCUT2D eigenvalue weighted by molar-refractivity contribution is 9.10. The molecule has 1 aromatic rings. The van der Waals surface area contributed by atoms with E-state index in [0.717, 1.165) is 6.42 Å². The van der Waals surface area contributed by atoms with Gasteiger partial charge in [-0.25, -0.2) is 4.39 Å². The third-order valence-electron chi connectivity index (χ3n) is 2.49. The Balaban J connectivity index is 2.63. The molecule has 0 aliphatic carbocycles. The normalized spacial score (nSPS) is 12.2. The Hall–Kier alpha value is -0.900. The van der Waals surface area contributed by atoms with Crippen LogP contribution in [0, 0.1) is 11.7 Å². The molecule has 16 heavy (non-hydrogen) atoms. The van der Waals surface area contributed by atoms with Gasteiger partial charge in [0.25, 0.3) is 5.91 Å². The van der Waals surface area contributed by atoms with E-state index in [1.165, 1.54) is 12.1 Å². The Kier molecular flexibility index (Phi) is 4.93.